The molecule has 0 spiro atoms. The van der Waals surface area contributed by atoms with E-state index in [1.807, 2.05) is 0 Å². The largest absolute Gasteiger partial charge is 0.493 e. The summed E-state index contributed by atoms with van der Waals surface area (Å²) in [5.74, 6) is 0.0589. The minimum Gasteiger partial charge on any atom is -0.493 e. The Morgan fingerprint density at radius 2 is 2.00 bits per heavy atom. The molecule has 0 radical (unpaired) electrons. The van der Waals surface area contributed by atoms with Crippen molar-refractivity contribution in [1.82, 2.24) is 5.32 Å². The van der Waals surface area contributed by atoms with Gasteiger partial charge in [-0.05, 0) is 44.0 Å². The van der Waals surface area contributed by atoms with Crippen LogP contribution < -0.4 is 15.2 Å². The molecule has 0 aromatic heterocycles. The van der Waals surface area contributed by atoms with Crippen LogP contribution in [-0.2, 0) is 14.8 Å². The first kappa shape index (κ1) is 16.7. The van der Waals surface area contributed by atoms with Gasteiger partial charge in [-0.25, -0.2) is 18.4 Å². The molecule has 0 bridgehead atoms. The van der Waals surface area contributed by atoms with Crippen molar-refractivity contribution in [3.05, 3.63) is 23.8 Å². The van der Waals surface area contributed by atoms with E-state index in [0.717, 1.165) is 25.9 Å². The van der Waals surface area contributed by atoms with Crippen molar-refractivity contribution < 1.29 is 22.7 Å². The second-order valence-corrected chi connectivity index (χ2v) is 6.80. The Morgan fingerprint density at radius 1 is 1.32 bits per heavy atom. The Hall–Kier alpha value is -1.64. The summed E-state index contributed by atoms with van der Waals surface area (Å²) in [5, 5.41) is 8.39. The minimum absolute atomic E-state index is 0.0920. The molecule has 0 unspecified atom stereocenters. The van der Waals surface area contributed by atoms with Gasteiger partial charge in [0.1, 0.15) is 5.75 Å². The number of sulfonamides is 1. The number of carbonyl (C=O) groups excluding carboxylic acids is 1. The predicted octanol–water partition coefficient (Wildman–Crippen LogP) is 0.499. The van der Waals surface area contributed by atoms with Crippen LogP contribution in [0.5, 0.6) is 5.75 Å². The zero-order valence-corrected chi connectivity index (χ0v) is 13.2. The fourth-order valence-corrected chi connectivity index (χ4v) is 2.89. The lowest BCUT2D eigenvalue weighted by molar-refractivity contribution is 0.0600. The van der Waals surface area contributed by atoms with Crippen molar-refractivity contribution in [2.45, 2.75) is 17.7 Å². The number of hydrogen-bond donors (Lipinski definition) is 2. The van der Waals surface area contributed by atoms with Crippen molar-refractivity contribution in [2.24, 2.45) is 11.1 Å². The number of carbonyl (C=O) groups is 1. The van der Waals surface area contributed by atoms with Crippen molar-refractivity contribution in [3.63, 3.8) is 0 Å². The van der Waals surface area contributed by atoms with E-state index in [9.17, 15) is 13.2 Å². The lowest BCUT2D eigenvalue weighted by Gasteiger charge is -2.22. The van der Waals surface area contributed by atoms with Gasteiger partial charge in [-0.3, -0.25) is 0 Å². The molecule has 2 rings (SSSR count). The first-order valence-corrected chi connectivity index (χ1v) is 8.54. The summed E-state index contributed by atoms with van der Waals surface area (Å²) in [5.41, 5.74) is 0.0920. The number of methoxy groups -OCH3 is 1. The molecule has 1 heterocycles. The lowest BCUT2D eigenvalue weighted by atomic mass is 9.99. The number of piperidine rings is 1. The number of nitrogens with two attached hydrogens (primary N) is 1. The molecule has 0 atom stereocenters. The summed E-state index contributed by atoms with van der Waals surface area (Å²) in [6, 6.07) is 3.96. The smallest absolute Gasteiger partial charge is 0.338 e. The number of hydrogen-bond acceptors (Lipinski definition) is 6. The summed E-state index contributed by atoms with van der Waals surface area (Å²) in [6.45, 7) is 2.35. The maximum Gasteiger partial charge on any atom is 0.338 e. The van der Waals surface area contributed by atoms with Gasteiger partial charge in [0.15, 0.2) is 0 Å². The monoisotopic (exact) mass is 328 g/mol. The fourth-order valence-electron chi connectivity index (χ4n) is 2.32. The quantitative estimate of drug-likeness (QED) is 0.762. The van der Waals surface area contributed by atoms with Crippen LogP contribution >= 0.6 is 0 Å². The second-order valence-electron chi connectivity index (χ2n) is 5.23. The average Bonchev–Trinajstić information content (AvgIpc) is 2.52. The number of ether oxygens (including phenoxy) is 2. The molecule has 0 saturated carbocycles. The summed E-state index contributed by atoms with van der Waals surface area (Å²) >= 11 is 0. The summed E-state index contributed by atoms with van der Waals surface area (Å²) in [4.78, 5) is 11.5. The highest BCUT2D eigenvalue weighted by Crippen LogP contribution is 2.22. The van der Waals surface area contributed by atoms with E-state index in [2.05, 4.69) is 10.1 Å². The molecular formula is C14H20N2O5S. The Bertz CT molecular complexity index is 639. The number of nitrogens with one attached hydrogen (secondary N) is 1. The van der Waals surface area contributed by atoms with Gasteiger partial charge in [0, 0.05) is 6.07 Å². The highest BCUT2D eigenvalue weighted by molar-refractivity contribution is 7.89. The predicted molar refractivity (Wildman–Crippen MR) is 80.2 cm³/mol. The Labute approximate surface area is 129 Å². The van der Waals surface area contributed by atoms with Gasteiger partial charge < -0.3 is 14.8 Å². The molecule has 1 aromatic rings. The number of esters is 1. The van der Waals surface area contributed by atoms with Crippen LogP contribution in [0.4, 0.5) is 0 Å². The van der Waals surface area contributed by atoms with E-state index < -0.39 is 16.0 Å². The first-order chi connectivity index (χ1) is 10.4. The van der Waals surface area contributed by atoms with E-state index >= 15 is 0 Å². The van der Waals surface area contributed by atoms with Crippen LogP contribution in [0.3, 0.4) is 0 Å². The van der Waals surface area contributed by atoms with E-state index in [-0.39, 0.29) is 10.5 Å². The Morgan fingerprint density at radius 3 is 2.59 bits per heavy atom. The molecule has 0 amide bonds. The maximum atomic E-state index is 11.6. The van der Waals surface area contributed by atoms with Gasteiger partial charge >= 0.3 is 5.97 Å². The fraction of sp³-hybridized carbons (Fsp3) is 0.500. The van der Waals surface area contributed by atoms with Crippen LogP contribution in [-0.4, -0.2) is 41.2 Å². The number of rotatable bonds is 5. The van der Waals surface area contributed by atoms with Crippen LogP contribution in [0.25, 0.3) is 0 Å². The van der Waals surface area contributed by atoms with Crippen molar-refractivity contribution >= 4 is 16.0 Å². The normalized spacial score (nSPS) is 16.3. The number of benzene rings is 1. The summed E-state index contributed by atoms with van der Waals surface area (Å²) in [6.07, 6.45) is 2.00. The van der Waals surface area contributed by atoms with Crippen LogP contribution in [0.2, 0.25) is 0 Å². The van der Waals surface area contributed by atoms with Gasteiger partial charge in [0.2, 0.25) is 10.0 Å². The van der Waals surface area contributed by atoms with Gasteiger partial charge in [0.25, 0.3) is 0 Å². The zero-order valence-electron chi connectivity index (χ0n) is 12.4. The molecule has 1 aromatic carbocycles. The third-order valence-corrected chi connectivity index (χ3v) is 4.47. The third-order valence-electron chi connectivity index (χ3n) is 3.57. The molecule has 1 fully saturated rings. The second kappa shape index (κ2) is 7.08. The molecule has 122 valence electrons. The van der Waals surface area contributed by atoms with E-state index in [0.29, 0.717) is 18.3 Å². The van der Waals surface area contributed by atoms with E-state index in [4.69, 9.17) is 9.88 Å². The molecule has 1 aliphatic heterocycles. The topological polar surface area (TPSA) is 108 Å². The van der Waals surface area contributed by atoms with E-state index in [1.165, 1.54) is 25.3 Å². The van der Waals surface area contributed by atoms with Crippen molar-refractivity contribution in [3.8, 4) is 5.75 Å². The average molecular weight is 328 g/mol. The SMILES string of the molecule is COC(=O)c1cc(OCC2CCNCC2)cc(S(N)(=O)=O)c1. The molecule has 1 aliphatic rings. The maximum absolute atomic E-state index is 11.6. The van der Waals surface area contributed by atoms with Crippen molar-refractivity contribution in [1.29, 1.82) is 0 Å². The molecule has 3 N–H and O–H groups in total. The van der Waals surface area contributed by atoms with Crippen LogP contribution in [0.1, 0.15) is 23.2 Å². The summed E-state index contributed by atoms with van der Waals surface area (Å²) in [7, 11) is -2.71. The summed E-state index contributed by atoms with van der Waals surface area (Å²) < 4.78 is 33.3. The first-order valence-electron chi connectivity index (χ1n) is 7.00. The molecule has 7 nitrogen and oxygen atoms in total. The zero-order chi connectivity index (χ0) is 16.2. The van der Waals surface area contributed by atoms with E-state index in [1.54, 1.807) is 0 Å². The lowest BCUT2D eigenvalue weighted by Crippen LogP contribution is -2.30. The van der Waals surface area contributed by atoms with Crippen LogP contribution in [0, 0.1) is 5.92 Å². The third kappa shape index (κ3) is 4.43. The van der Waals surface area contributed by atoms with Gasteiger partial charge in [-0.15, -0.1) is 0 Å². The highest BCUT2D eigenvalue weighted by atomic mass is 32.2. The molecular weight excluding hydrogens is 308 g/mol. The van der Waals surface area contributed by atoms with Gasteiger partial charge in [0.05, 0.1) is 24.2 Å². The molecule has 22 heavy (non-hydrogen) atoms. The van der Waals surface area contributed by atoms with Gasteiger partial charge in [-0.2, -0.15) is 0 Å². The van der Waals surface area contributed by atoms with Crippen molar-refractivity contribution in [2.75, 3.05) is 26.8 Å². The molecule has 8 heteroatoms. The molecule has 1 saturated heterocycles. The highest BCUT2D eigenvalue weighted by Gasteiger charge is 2.18. The molecule has 0 aliphatic carbocycles. The number of primary sulfonamides is 1. The Kier molecular flexibility index (Phi) is 5.38. The minimum atomic E-state index is -3.93. The van der Waals surface area contributed by atoms with Crippen LogP contribution in [0.15, 0.2) is 23.1 Å². The Balaban J connectivity index is 2.19. The standard InChI is InChI=1S/C14H20N2O5S/c1-20-14(17)11-6-12(8-13(7-11)22(15,18)19)21-9-10-2-4-16-5-3-10/h6-8,10,16H,2-5,9H2,1H3,(H2,15,18,19). The van der Waals surface area contributed by atoms with Gasteiger partial charge in [-0.1, -0.05) is 0 Å².